The van der Waals surface area contributed by atoms with E-state index in [9.17, 15) is 9.59 Å². The molecule has 2 aromatic carbocycles. The second-order valence-electron chi connectivity index (χ2n) is 6.71. The third-order valence-corrected chi connectivity index (χ3v) is 4.55. The van der Waals surface area contributed by atoms with Crippen molar-refractivity contribution in [1.82, 2.24) is 25.7 Å². The summed E-state index contributed by atoms with van der Waals surface area (Å²) in [5.41, 5.74) is 7.51. The van der Waals surface area contributed by atoms with Crippen molar-refractivity contribution in [2.75, 3.05) is 0 Å². The number of nitrogens with zero attached hydrogens (tertiary/aromatic N) is 2. The van der Waals surface area contributed by atoms with Crippen molar-refractivity contribution in [2.45, 2.75) is 24.9 Å². The molecule has 3 N–H and O–H groups in total. The summed E-state index contributed by atoms with van der Waals surface area (Å²) >= 11 is 0. The molecular weight excluding hydrogens is 354 g/mol. The molecule has 0 spiro atoms. The van der Waals surface area contributed by atoms with E-state index in [1.807, 2.05) is 60.7 Å². The quantitative estimate of drug-likeness (QED) is 0.552. The van der Waals surface area contributed by atoms with Gasteiger partial charge in [0.15, 0.2) is 0 Å². The molecule has 1 aromatic heterocycles. The highest BCUT2D eigenvalue weighted by molar-refractivity contribution is 5.93. The van der Waals surface area contributed by atoms with Crippen LogP contribution in [-0.2, 0) is 4.79 Å². The van der Waals surface area contributed by atoms with Crippen molar-refractivity contribution in [3.05, 3.63) is 84.4 Å². The predicted octanol–water partition coefficient (Wildman–Crippen LogP) is 2.13. The molecule has 2 amide bonds. The highest BCUT2D eigenvalue weighted by Crippen LogP contribution is 2.21. The van der Waals surface area contributed by atoms with Crippen molar-refractivity contribution in [3.8, 4) is 5.69 Å². The number of benzene rings is 2. The molecule has 4 rings (SSSR count). The fourth-order valence-corrected chi connectivity index (χ4v) is 2.92. The first-order valence-electron chi connectivity index (χ1n) is 9.21. The summed E-state index contributed by atoms with van der Waals surface area (Å²) < 4.78 is 1.69. The minimum Gasteiger partial charge on any atom is -0.352 e. The van der Waals surface area contributed by atoms with Crippen LogP contribution in [0, 0.1) is 0 Å². The summed E-state index contributed by atoms with van der Waals surface area (Å²) in [6.07, 6.45) is 5.07. The van der Waals surface area contributed by atoms with E-state index in [0.29, 0.717) is 5.69 Å². The Bertz CT molecular complexity index is 951. The zero-order chi connectivity index (χ0) is 19.3. The van der Waals surface area contributed by atoms with E-state index in [0.717, 1.165) is 24.1 Å². The molecule has 7 heteroatoms. The fraction of sp³-hybridized carbons (Fsp3) is 0.190. The van der Waals surface area contributed by atoms with Gasteiger partial charge >= 0.3 is 0 Å². The maximum Gasteiger partial charge on any atom is 0.284 e. The van der Waals surface area contributed by atoms with Gasteiger partial charge in [-0.3, -0.25) is 19.6 Å². The fourth-order valence-electron chi connectivity index (χ4n) is 2.92. The molecule has 0 unspecified atom stereocenters. The summed E-state index contributed by atoms with van der Waals surface area (Å²) in [7, 11) is 0. The van der Waals surface area contributed by atoms with Crippen molar-refractivity contribution in [3.63, 3.8) is 0 Å². The molecule has 1 aliphatic rings. The lowest BCUT2D eigenvalue weighted by Gasteiger charge is -2.19. The largest absolute Gasteiger partial charge is 0.352 e. The summed E-state index contributed by atoms with van der Waals surface area (Å²) in [6.45, 7) is 0. The van der Waals surface area contributed by atoms with E-state index in [-0.39, 0.29) is 17.9 Å². The average molecular weight is 375 g/mol. The van der Waals surface area contributed by atoms with Crippen LogP contribution in [0.25, 0.3) is 5.69 Å². The normalized spacial score (nSPS) is 14.3. The van der Waals surface area contributed by atoms with Gasteiger partial charge in [0.2, 0.25) is 5.91 Å². The number of rotatable bonds is 7. The first kappa shape index (κ1) is 17.9. The van der Waals surface area contributed by atoms with E-state index in [1.165, 1.54) is 6.20 Å². The van der Waals surface area contributed by atoms with Crippen molar-refractivity contribution < 1.29 is 9.59 Å². The minimum atomic E-state index is -0.682. The SMILES string of the molecule is O=C(NN[C@@H](C(=O)NC1CC1)c1ccccc1)c1cncn1-c1ccccc1. The predicted molar refractivity (Wildman–Crippen MR) is 105 cm³/mol. The van der Waals surface area contributed by atoms with Gasteiger partial charge in [-0.1, -0.05) is 48.5 Å². The Labute approximate surface area is 162 Å². The van der Waals surface area contributed by atoms with Crippen LogP contribution >= 0.6 is 0 Å². The van der Waals surface area contributed by atoms with Gasteiger partial charge in [0.25, 0.3) is 5.91 Å². The monoisotopic (exact) mass is 375 g/mol. The number of carbonyl (C=O) groups is 2. The average Bonchev–Trinajstić information content (AvgIpc) is 3.40. The Hall–Kier alpha value is -3.45. The summed E-state index contributed by atoms with van der Waals surface area (Å²) in [5.74, 6) is -0.535. The molecule has 142 valence electrons. The number of carbonyl (C=O) groups excluding carboxylic acids is 2. The molecule has 1 atom stereocenters. The van der Waals surface area contributed by atoms with Gasteiger partial charge in [0, 0.05) is 11.7 Å². The van der Waals surface area contributed by atoms with E-state index < -0.39 is 6.04 Å². The smallest absolute Gasteiger partial charge is 0.284 e. The first-order valence-corrected chi connectivity index (χ1v) is 9.21. The Balaban J connectivity index is 1.49. The maximum absolute atomic E-state index is 12.7. The van der Waals surface area contributed by atoms with Crippen LogP contribution in [-0.4, -0.2) is 27.4 Å². The molecule has 1 fully saturated rings. The molecular formula is C21H21N5O2. The number of imidazole rings is 1. The number of aromatic nitrogens is 2. The highest BCUT2D eigenvalue weighted by atomic mass is 16.2. The Morgan fingerprint density at radius 3 is 2.36 bits per heavy atom. The molecule has 28 heavy (non-hydrogen) atoms. The standard InChI is InChI=1S/C21H21N5O2/c27-20(18-13-22-14-26(18)17-9-5-2-6-10-17)25-24-19(15-7-3-1-4-8-15)21(28)23-16-11-12-16/h1-10,13-14,16,19,24H,11-12H2,(H,23,28)(H,25,27)/t19-/m1/s1. The summed E-state index contributed by atoms with van der Waals surface area (Å²) in [4.78, 5) is 29.4. The van der Waals surface area contributed by atoms with E-state index in [2.05, 4.69) is 21.2 Å². The van der Waals surface area contributed by atoms with Gasteiger partial charge in [0.1, 0.15) is 11.7 Å². The molecule has 0 radical (unpaired) electrons. The minimum absolute atomic E-state index is 0.162. The lowest BCUT2D eigenvalue weighted by atomic mass is 10.1. The number of nitrogens with one attached hydrogen (secondary N) is 3. The van der Waals surface area contributed by atoms with Gasteiger partial charge in [-0.15, -0.1) is 0 Å². The molecule has 7 nitrogen and oxygen atoms in total. The van der Waals surface area contributed by atoms with E-state index in [4.69, 9.17) is 0 Å². The third-order valence-electron chi connectivity index (χ3n) is 4.55. The molecule has 0 bridgehead atoms. The maximum atomic E-state index is 12.7. The number of hydrogen-bond donors (Lipinski definition) is 3. The molecule has 1 aliphatic carbocycles. The van der Waals surface area contributed by atoms with Gasteiger partial charge in [0.05, 0.1) is 12.5 Å². The molecule has 3 aromatic rings. The zero-order valence-electron chi connectivity index (χ0n) is 15.2. The topological polar surface area (TPSA) is 88.1 Å². The number of para-hydroxylation sites is 1. The first-order chi connectivity index (χ1) is 13.7. The van der Waals surface area contributed by atoms with Crippen LogP contribution in [0.15, 0.2) is 73.2 Å². The molecule has 0 aliphatic heterocycles. The van der Waals surface area contributed by atoms with Crippen LogP contribution in [0.2, 0.25) is 0 Å². The Morgan fingerprint density at radius 1 is 1.00 bits per heavy atom. The van der Waals surface area contributed by atoms with Gasteiger partial charge in [-0.05, 0) is 30.5 Å². The number of hydrazine groups is 1. The van der Waals surface area contributed by atoms with E-state index in [1.54, 1.807) is 10.9 Å². The van der Waals surface area contributed by atoms with Crippen LogP contribution in [0.4, 0.5) is 0 Å². The molecule has 1 saturated carbocycles. The van der Waals surface area contributed by atoms with E-state index >= 15 is 0 Å². The summed E-state index contributed by atoms with van der Waals surface area (Å²) in [6, 6.07) is 18.3. The zero-order valence-corrected chi connectivity index (χ0v) is 15.2. The second kappa shape index (κ2) is 8.06. The lowest BCUT2D eigenvalue weighted by molar-refractivity contribution is -0.123. The van der Waals surface area contributed by atoms with Crippen molar-refractivity contribution >= 4 is 11.8 Å². The summed E-state index contributed by atoms with van der Waals surface area (Å²) in [5, 5.41) is 2.98. The molecule has 1 heterocycles. The second-order valence-corrected chi connectivity index (χ2v) is 6.71. The van der Waals surface area contributed by atoms with Gasteiger partial charge < -0.3 is 5.32 Å². The van der Waals surface area contributed by atoms with Crippen LogP contribution in [0.1, 0.15) is 34.9 Å². The Morgan fingerprint density at radius 2 is 1.68 bits per heavy atom. The molecule has 0 saturated heterocycles. The van der Waals surface area contributed by atoms with Crippen LogP contribution in [0.5, 0.6) is 0 Å². The van der Waals surface area contributed by atoms with Crippen LogP contribution in [0.3, 0.4) is 0 Å². The van der Waals surface area contributed by atoms with Crippen molar-refractivity contribution in [2.24, 2.45) is 0 Å². The van der Waals surface area contributed by atoms with Gasteiger partial charge in [-0.25, -0.2) is 10.4 Å². The van der Waals surface area contributed by atoms with Crippen molar-refractivity contribution in [1.29, 1.82) is 0 Å². The van der Waals surface area contributed by atoms with Gasteiger partial charge in [-0.2, -0.15) is 0 Å². The number of amides is 2. The highest BCUT2D eigenvalue weighted by Gasteiger charge is 2.28. The third kappa shape index (κ3) is 4.10. The lowest BCUT2D eigenvalue weighted by Crippen LogP contribution is -2.47. The number of hydrogen-bond acceptors (Lipinski definition) is 4. The Kier molecular flexibility index (Phi) is 5.16. The van der Waals surface area contributed by atoms with Crippen LogP contribution < -0.4 is 16.2 Å².